The highest BCUT2D eigenvalue weighted by Crippen LogP contribution is 2.41. The number of hydrogen-bond donors (Lipinski definition) is 0. The second-order valence-electron chi connectivity index (χ2n) is 7.59. The van der Waals surface area contributed by atoms with Gasteiger partial charge in [-0.15, -0.1) is 0 Å². The van der Waals surface area contributed by atoms with Gasteiger partial charge in [-0.05, 0) is 49.9 Å². The molecule has 2 aliphatic rings. The summed E-state index contributed by atoms with van der Waals surface area (Å²) in [5.41, 5.74) is 0.253. The van der Waals surface area contributed by atoms with Gasteiger partial charge in [0, 0.05) is 25.7 Å². The summed E-state index contributed by atoms with van der Waals surface area (Å²) < 4.78 is 33.1. The molecule has 1 aromatic heterocycles. The van der Waals surface area contributed by atoms with Gasteiger partial charge in [0.1, 0.15) is 11.4 Å². The van der Waals surface area contributed by atoms with Crippen molar-refractivity contribution in [2.45, 2.75) is 49.5 Å². The lowest BCUT2D eigenvalue weighted by Gasteiger charge is -2.26. The minimum Gasteiger partial charge on any atom is -0.467 e. The molecule has 2 fully saturated rings. The van der Waals surface area contributed by atoms with Crippen LogP contribution in [0.5, 0.6) is 0 Å². The molecule has 9 heteroatoms. The van der Waals surface area contributed by atoms with Crippen LogP contribution in [0.1, 0.15) is 50.3 Å². The Morgan fingerprint density at radius 3 is 2.45 bits per heavy atom. The van der Waals surface area contributed by atoms with E-state index in [-0.39, 0.29) is 16.6 Å². The van der Waals surface area contributed by atoms with Crippen LogP contribution in [0.25, 0.3) is 0 Å². The molecule has 0 amide bonds. The summed E-state index contributed by atoms with van der Waals surface area (Å²) in [6.45, 7) is 1.58. The molecule has 1 aromatic carbocycles. The first-order chi connectivity index (χ1) is 14.0. The zero-order valence-electron chi connectivity index (χ0n) is 16.2. The topological polar surface area (TPSA) is 96.9 Å². The third-order valence-electron chi connectivity index (χ3n) is 5.78. The monoisotopic (exact) mass is 419 g/mol. The smallest absolute Gasteiger partial charge is 0.293 e. The lowest BCUT2D eigenvalue weighted by Crippen LogP contribution is -2.32. The molecule has 4 rings (SSSR count). The molecular weight excluding hydrogens is 394 g/mol. The maximum atomic E-state index is 13.1. The van der Waals surface area contributed by atoms with Gasteiger partial charge in [-0.25, -0.2) is 8.42 Å². The Bertz CT molecular complexity index is 966. The van der Waals surface area contributed by atoms with Gasteiger partial charge in [0.25, 0.3) is 5.69 Å². The zero-order valence-corrected chi connectivity index (χ0v) is 17.0. The first-order valence-electron chi connectivity index (χ1n) is 10.1. The van der Waals surface area contributed by atoms with Crippen LogP contribution in [0, 0.1) is 10.1 Å². The molecule has 2 aliphatic heterocycles. The standard InChI is InChI=1S/C20H25N3O5S/c24-23(25)19-15-16(29(26,27)21-11-3-1-2-4-12-21)9-10-17(19)22-13-5-7-18(22)20-8-6-14-28-20/h6,8-10,14-15,18H,1-5,7,11-13H2. The van der Waals surface area contributed by atoms with Crippen LogP contribution in [-0.2, 0) is 10.0 Å². The lowest BCUT2D eigenvalue weighted by molar-refractivity contribution is -0.384. The highest BCUT2D eigenvalue weighted by atomic mass is 32.2. The molecule has 29 heavy (non-hydrogen) atoms. The van der Waals surface area contributed by atoms with Gasteiger partial charge >= 0.3 is 0 Å². The average Bonchev–Trinajstić information content (AvgIpc) is 3.33. The van der Waals surface area contributed by atoms with Gasteiger partial charge in [0.2, 0.25) is 10.0 Å². The van der Waals surface area contributed by atoms with Crippen LogP contribution in [0.2, 0.25) is 0 Å². The Hall–Kier alpha value is -2.39. The number of nitro benzene ring substituents is 1. The fourth-order valence-corrected chi connectivity index (χ4v) is 5.85. The maximum absolute atomic E-state index is 13.1. The molecule has 8 nitrogen and oxygen atoms in total. The van der Waals surface area contributed by atoms with Crippen LogP contribution < -0.4 is 4.90 Å². The average molecular weight is 420 g/mol. The molecular formula is C20H25N3O5S. The minimum absolute atomic E-state index is 0.0106. The fourth-order valence-electron chi connectivity index (χ4n) is 4.32. The predicted molar refractivity (Wildman–Crippen MR) is 108 cm³/mol. The van der Waals surface area contributed by atoms with Crippen molar-refractivity contribution in [2.24, 2.45) is 0 Å². The largest absolute Gasteiger partial charge is 0.467 e. The second kappa shape index (κ2) is 8.16. The van der Waals surface area contributed by atoms with E-state index in [1.165, 1.54) is 16.4 Å². The number of hydrogen-bond acceptors (Lipinski definition) is 6. The number of benzene rings is 1. The first-order valence-corrected chi connectivity index (χ1v) is 11.5. The number of nitrogens with zero attached hydrogens (tertiary/aromatic N) is 3. The van der Waals surface area contributed by atoms with Gasteiger partial charge in [-0.2, -0.15) is 4.31 Å². The van der Waals surface area contributed by atoms with Crippen LogP contribution in [0.15, 0.2) is 45.9 Å². The third kappa shape index (κ3) is 3.89. The SMILES string of the molecule is O=[N+]([O-])c1cc(S(=O)(=O)N2CCCCCC2)ccc1N1CCCC1c1ccco1. The zero-order chi connectivity index (χ0) is 20.4. The van der Waals surface area contributed by atoms with Crippen molar-refractivity contribution >= 4 is 21.4 Å². The molecule has 0 radical (unpaired) electrons. The quantitative estimate of drug-likeness (QED) is 0.535. The van der Waals surface area contributed by atoms with E-state index in [0.29, 0.717) is 25.3 Å². The van der Waals surface area contributed by atoms with Crippen molar-refractivity contribution in [1.29, 1.82) is 0 Å². The third-order valence-corrected chi connectivity index (χ3v) is 7.67. The Morgan fingerprint density at radius 2 is 1.79 bits per heavy atom. The molecule has 1 atom stereocenters. The van der Waals surface area contributed by atoms with Gasteiger partial charge in [0.05, 0.1) is 22.1 Å². The maximum Gasteiger partial charge on any atom is 0.293 e. The highest BCUT2D eigenvalue weighted by molar-refractivity contribution is 7.89. The fraction of sp³-hybridized carbons (Fsp3) is 0.500. The number of rotatable bonds is 5. The molecule has 1 unspecified atom stereocenters. The van der Waals surface area contributed by atoms with E-state index < -0.39 is 14.9 Å². The lowest BCUT2D eigenvalue weighted by atomic mass is 10.1. The van der Waals surface area contributed by atoms with E-state index >= 15 is 0 Å². The number of sulfonamides is 1. The minimum atomic E-state index is -3.75. The van der Waals surface area contributed by atoms with Crippen LogP contribution in [0.4, 0.5) is 11.4 Å². The highest BCUT2D eigenvalue weighted by Gasteiger charge is 2.34. The Kier molecular flexibility index (Phi) is 5.60. The summed E-state index contributed by atoms with van der Waals surface area (Å²) in [6, 6.07) is 7.87. The van der Waals surface area contributed by atoms with Gasteiger partial charge < -0.3 is 9.32 Å². The van der Waals surface area contributed by atoms with Crippen molar-refractivity contribution in [1.82, 2.24) is 4.31 Å². The van der Waals surface area contributed by atoms with Crippen molar-refractivity contribution in [3.63, 3.8) is 0 Å². The summed E-state index contributed by atoms with van der Waals surface area (Å²) in [5, 5.41) is 11.8. The van der Waals surface area contributed by atoms with E-state index in [1.54, 1.807) is 18.4 Å². The van der Waals surface area contributed by atoms with E-state index in [2.05, 4.69) is 0 Å². The van der Waals surface area contributed by atoms with Crippen molar-refractivity contribution in [3.8, 4) is 0 Å². The molecule has 0 aliphatic carbocycles. The molecule has 0 N–H and O–H groups in total. The van der Waals surface area contributed by atoms with E-state index in [0.717, 1.165) is 44.3 Å². The summed E-state index contributed by atoms with van der Waals surface area (Å²) in [6.07, 6.45) is 6.96. The van der Waals surface area contributed by atoms with E-state index in [9.17, 15) is 18.5 Å². The van der Waals surface area contributed by atoms with Crippen molar-refractivity contribution in [2.75, 3.05) is 24.5 Å². The normalized spacial score (nSPS) is 21.2. The molecule has 0 saturated carbocycles. The van der Waals surface area contributed by atoms with E-state index in [4.69, 9.17) is 4.42 Å². The number of nitro groups is 1. The Morgan fingerprint density at radius 1 is 1.03 bits per heavy atom. The van der Waals surface area contributed by atoms with Crippen LogP contribution >= 0.6 is 0 Å². The molecule has 2 saturated heterocycles. The molecule has 0 bridgehead atoms. The Balaban J connectivity index is 1.69. The van der Waals surface area contributed by atoms with Crippen molar-refractivity contribution < 1.29 is 17.8 Å². The number of furan rings is 1. The summed E-state index contributed by atoms with van der Waals surface area (Å²) in [4.78, 5) is 13.3. The summed E-state index contributed by atoms with van der Waals surface area (Å²) >= 11 is 0. The van der Waals surface area contributed by atoms with Crippen LogP contribution in [0.3, 0.4) is 0 Å². The summed E-state index contributed by atoms with van der Waals surface area (Å²) in [7, 11) is -3.75. The molecule has 156 valence electrons. The molecule has 0 spiro atoms. The Labute approximate surface area is 170 Å². The molecule has 3 heterocycles. The first kappa shape index (κ1) is 19.9. The van der Waals surface area contributed by atoms with Crippen molar-refractivity contribution in [3.05, 3.63) is 52.5 Å². The van der Waals surface area contributed by atoms with Gasteiger partial charge in [-0.3, -0.25) is 10.1 Å². The van der Waals surface area contributed by atoms with Gasteiger partial charge in [-0.1, -0.05) is 12.8 Å². The summed E-state index contributed by atoms with van der Waals surface area (Å²) in [5.74, 6) is 0.762. The van der Waals surface area contributed by atoms with Crippen LogP contribution in [-0.4, -0.2) is 37.3 Å². The van der Waals surface area contributed by atoms with E-state index in [1.807, 2.05) is 11.0 Å². The molecule has 2 aromatic rings. The second-order valence-corrected chi connectivity index (χ2v) is 9.53. The predicted octanol–water partition coefficient (Wildman–Crippen LogP) is 4.09. The number of anilines is 1. The van der Waals surface area contributed by atoms with Gasteiger partial charge in [0.15, 0.2) is 0 Å².